The molecule has 0 spiro atoms. The van der Waals surface area contributed by atoms with Crippen molar-refractivity contribution in [3.05, 3.63) is 59.2 Å². The van der Waals surface area contributed by atoms with Crippen LogP contribution in [0.3, 0.4) is 0 Å². The van der Waals surface area contributed by atoms with E-state index in [9.17, 15) is 14.4 Å². The van der Waals surface area contributed by atoms with Gasteiger partial charge in [0.1, 0.15) is 17.0 Å². The van der Waals surface area contributed by atoms with E-state index in [4.69, 9.17) is 9.47 Å². The Morgan fingerprint density at radius 2 is 1.68 bits per heavy atom. The monoisotopic (exact) mass is 424 g/mol. The van der Waals surface area contributed by atoms with Gasteiger partial charge in [-0.05, 0) is 35.6 Å². The Kier molecular flexibility index (Phi) is 5.81. The van der Waals surface area contributed by atoms with Crippen molar-refractivity contribution in [3.63, 3.8) is 0 Å². The van der Waals surface area contributed by atoms with E-state index in [0.29, 0.717) is 17.1 Å². The largest absolute Gasteiger partial charge is 0.497 e. The lowest BCUT2D eigenvalue weighted by Crippen LogP contribution is -2.41. The van der Waals surface area contributed by atoms with Gasteiger partial charge in [-0.3, -0.25) is 14.5 Å². The number of carbonyl (C=O) groups is 3. The van der Waals surface area contributed by atoms with Crippen LogP contribution in [0.2, 0.25) is 0 Å². The molecule has 7 nitrogen and oxygen atoms in total. The van der Waals surface area contributed by atoms with Crippen molar-refractivity contribution in [1.29, 1.82) is 0 Å². The number of hydrogen-bond donors (Lipinski definition) is 1. The van der Waals surface area contributed by atoms with E-state index in [1.54, 1.807) is 25.1 Å². The molecule has 0 aliphatic carbocycles. The molecule has 0 aromatic heterocycles. The number of ketones is 1. The highest BCUT2D eigenvalue weighted by Gasteiger charge is 2.49. The number of ether oxygens (including phenoxy) is 2. The number of amides is 3. The number of imide groups is 1. The highest BCUT2D eigenvalue weighted by molar-refractivity contribution is 6.11. The molecule has 1 heterocycles. The summed E-state index contributed by atoms with van der Waals surface area (Å²) in [7, 11) is 2.95. The Bertz CT molecular complexity index is 1020. The topological polar surface area (TPSA) is 84.9 Å². The standard InChI is InChI=1S/C24H28N2O5/c1-23(2,3)15-7-9-16(10-8-15)24(4)21(28)26(22(29)25-24)14-19(27)18-12-11-17(30-5)13-20(18)31-6/h7-13H,14H2,1-6H3,(H,25,29). The quantitative estimate of drug-likeness (QED) is 0.565. The molecular weight excluding hydrogens is 396 g/mol. The number of urea groups is 1. The van der Waals surface area contributed by atoms with E-state index < -0.39 is 23.3 Å². The third-order valence-corrected chi connectivity index (χ3v) is 5.61. The van der Waals surface area contributed by atoms with Crippen molar-refractivity contribution in [2.24, 2.45) is 0 Å². The zero-order valence-electron chi connectivity index (χ0n) is 18.7. The Morgan fingerprint density at radius 1 is 1.03 bits per heavy atom. The van der Waals surface area contributed by atoms with Crippen LogP contribution in [-0.2, 0) is 15.7 Å². The van der Waals surface area contributed by atoms with Crippen LogP contribution in [0.25, 0.3) is 0 Å². The van der Waals surface area contributed by atoms with Crippen LogP contribution in [0.4, 0.5) is 4.79 Å². The van der Waals surface area contributed by atoms with Gasteiger partial charge >= 0.3 is 6.03 Å². The van der Waals surface area contributed by atoms with Crippen LogP contribution >= 0.6 is 0 Å². The second-order valence-corrected chi connectivity index (χ2v) is 8.76. The minimum Gasteiger partial charge on any atom is -0.497 e. The maximum absolute atomic E-state index is 13.2. The molecule has 1 atom stereocenters. The van der Waals surface area contributed by atoms with E-state index in [0.717, 1.165) is 10.5 Å². The molecule has 1 fully saturated rings. The summed E-state index contributed by atoms with van der Waals surface area (Å²) >= 11 is 0. The first-order chi connectivity index (χ1) is 14.5. The molecule has 164 valence electrons. The third kappa shape index (κ3) is 4.13. The van der Waals surface area contributed by atoms with Crippen LogP contribution in [0.15, 0.2) is 42.5 Å². The van der Waals surface area contributed by atoms with Crippen LogP contribution in [0.5, 0.6) is 11.5 Å². The summed E-state index contributed by atoms with van der Waals surface area (Å²) in [6, 6.07) is 11.8. The fourth-order valence-electron chi connectivity index (χ4n) is 3.60. The predicted molar refractivity (Wildman–Crippen MR) is 117 cm³/mol. The highest BCUT2D eigenvalue weighted by atomic mass is 16.5. The normalized spacial score (nSPS) is 18.7. The smallest absolute Gasteiger partial charge is 0.325 e. The molecule has 2 aromatic carbocycles. The molecule has 1 unspecified atom stereocenters. The molecule has 0 bridgehead atoms. The minimum absolute atomic E-state index is 0.0295. The second-order valence-electron chi connectivity index (χ2n) is 8.76. The fraction of sp³-hybridized carbons (Fsp3) is 0.375. The second kappa shape index (κ2) is 8.06. The average molecular weight is 424 g/mol. The highest BCUT2D eigenvalue weighted by Crippen LogP contribution is 2.32. The molecule has 1 saturated heterocycles. The summed E-state index contributed by atoms with van der Waals surface area (Å²) in [5.41, 5.74) is 0.786. The third-order valence-electron chi connectivity index (χ3n) is 5.61. The van der Waals surface area contributed by atoms with Gasteiger partial charge in [0.25, 0.3) is 5.91 Å². The van der Waals surface area contributed by atoms with Crippen LogP contribution in [0.1, 0.15) is 49.2 Å². The van der Waals surface area contributed by atoms with Crippen molar-refractivity contribution in [2.45, 2.75) is 38.6 Å². The molecular formula is C24H28N2O5. The Balaban J connectivity index is 1.84. The molecule has 1 aliphatic rings. The first-order valence-corrected chi connectivity index (χ1v) is 10.0. The van der Waals surface area contributed by atoms with Gasteiger partial charge < -0.3 is 14.8 Å². The summed E-state index contributed by atoms with van der Waals surface area (Å²) in [4.78, 5) is 39.6. The first kappa shape index (κ1) is 22.3. The maximum Gasteiger partial charge on any atom is 0.325 e. The number of methoxy groups -OCH3 is 2. The minimum atomic E-state index is -1.24. The van der Waals surface area contributed by atoms with Crippen molar-refractivity contribution in [1.82, 2.24) is 10.2 Å². The SMILES string of the molecule is COc1ccc(C(=O)CN2C(=O)NC(C)(c3ccc(C(C)(C)C)cc3)C2=O)c(OC)c1. The summed E-state index contributed by atoms with van der Waals surface area (Å²) in [6.07, 6.45) is 0. The van der Waals surface area contributed by atoms with Gasteiger partial charge in [0, 0.05) is 6.07 Å². The van der Waals surface area contributed by atoms with E-state index in [2.05, 4.69) is 26.1 Å². The van der Waals surface area contributed by atoms with Crippen molar-refractivity contribution in [2.75, 3.05) is 20.8 Å². The molecule has 2 aromatic rings. The van der Waals surface area contributed by atoms with Crippen LogP contribution < -0.4 is 14.8 Å². The number of carbonyl (C=O) groups excluding carboxylic acids is 3. The molecule has 31 heavy (non-hydrogen) atoms. The van der Waals surface area contributed by atoms with Gasteiger partial charge in [0.15, 0.2) is 5.78 Å². The van der Waals surface area contributed by atoms with E-state index in [1.165, 1.54) is 14.2 Å². The Hall–Kier alpha value is -3.35. The van der Waals surface area contributed by atoms with Crippen LogP contribution in [0, 0.1) is 0 Å². The molecule has 0 saturated carbocycles. The lowest BCUT2D eigenvalue weighted by molar-refractivity contribution is -0.130. The number of nitrogens with zero attached hydrogens (tertiary/aromatic N) is 1. The number of rotatable bonds is 6. The van der Waals surface area contributed by atoms with Gasteiger partial charge in [0.05, 0.1) is 26.3 Å². The molecule has 1 N–H and O–H groups in total. The molecule has 0 radical (unpaired) electrons. The van der Waals surface area contributed by atoms with E-state index in [1.807, 2.05) is 24.3 Å². The summed E-state index contributed by atoms with van der Waals surface area (Å²) in [6.45, 7) is 7.58. The Labute approximate surface area is 182 Å². The van der Waals surface area contributed by atoms with Gasteiger partial charge in [-0.15, -0.1) is 0 Å². The zero-order valence-corrected chi connectivity index (χ0v) is 18.7. The van der Waals surface area contributed by atoms with E-state index >= 15 is 0 Å². The maximum atomic E-state index is 13.2. The average Bonchev–Trinajstić information content (AvgIpc) is 2.96. The van der Waals surface area contributed by atoms with Crippen molar-refractivity contribution in [3.8, 4) is 11.5 Å². The zero-order chi connectivity index (χ0) is 23.0. The molecule has 3 rings (SSSR count). The number of benzene rings is 2. The van der Waals surface area contributed by atoms with Crippen molar-refractivity contribution < 1.29 is 23.9 Å². The number of nitrogens with one attached hydrogen (secondary N) is 1. The van der Waals surface area contributed by atoms with Gasteiger partial charge in [-0.1, -0.05) is 45.0 Å². The van der Waals surface area contributed by atoms with Crippen LogP contribution in [-0.4, -0.2) is 43.4 Å². The van der Waals surface area contributed by atoms with E-state index in [-0.39, 0.29) is 17.5 Å². The molecule has 1 aliphatic heterocycles. The lowest BCUT2D eigenvalue weighted by Gasteiger charge is -2.24. The number of hydrogen-bond acceptors (Lipinski definition) is 5. The fourth-order valence-corrected chi connectivity index (χ4v) is 3.60. The lowest BCUT2D eigenvalue weighted by atomic mass is 9.84. The summed E-state index contributed by atoms with van der Waals surface area (Å²) in [5.74, 6) is -0.0243. The number of Topliss-reactive ketones (excluding diaryl/α,β-unsaturated/α-hetero) is 1. The summed E-state index contributed by atoms with van der Waals surface area (Å²) in [5, 5.41) is 2.74. The molecule has 3 amide bonds. The Morgan fingerprint density at radius 3 is 2.23 bits per heavy atom. The van der Waals surface area contributed by atoms with Crippen molar-refractivity contribution >= 4 is 17.7 Å². The van der Waals surface area contributed by atoms with Gasteiger partial charge in [-0.2, -0.15) is 0 Å². The molecule has 7 heteroatoms. The summed E-state index contributed by atoms with van der Waals surface area (Å²) < 4.78 is 10.4. The predicted octanol–water partition coefficient (Wildman–Crippen LogP) is 3.65. The van der Waals surface area contributed by atoms with Gasteiger partial charge in [-0.25, -0.2) is 4.79 Å². The van der Waals surface area contributed by atoms with Gasteiger partial charge in [0.2, 0.25) is 0 Å². The first-order valence-electron chi connectivity index (χ1n) is 10.0.